The molecule has 0 bridgehead atoms. The zero-order valence-corrected chi connectivity index (χ0v) is 10.6. The van der Waals surface area contributed by atoms with Crippen molar-refractivity contribution in [1.29, 1.82) is 0 Å². The molecule has 0 aliphatic rings. The molecule has 0 aliphatic carbocycles. The predicted octanol–water partition coefficient (Wildman–Crippen LogP) is 1.33. The molecule has 0 spiro atoms. The molecule has 1 aromatic heterocycles. The van der Waals surface area contributed by atoms with Gasteiger partial charge in [-0.2, -0.15) is 0 Å². The molecule has 4 N–H and O–H groups in total. The number of carbonyl (C=O) groups is 1. The smallest absolute Gasteiger partial charge is 0.219 e. The number of hydrogen-bond acceptors (Lipinski definition) is 4. The van der Waals surface area contributed by atoms with E-state index < -0.39 is 11.9 Å². The predicted molar refractivity (Wildman–Crippen MR) is 71.1 cm³/mol. The molecule has 1 heterocycles. The third-order valence-electron chi connectivity index (χ3n) is 2.82. The lowest BCUT2D eigenvalue weighted by atomic mass is 10.1. The van der Waals surface area contributed by atoms with Crippen LogP contribution >= 0.6 is 0 Å². The summed E-state index contributed by atoms with van der Waals surface area (Å²) >= 11 is 0. The summed E-state index contributed by atoms with van der Waals surface area (Å²) in [7, 11) is 0. The fraction of sp³-hybridized carbons (Fsp3) is 0.286. The summed E-state index contributed by atoms with van der Waals surface area (Å²) in [6.07, 6.45) is 3.28. The van der Waals surface area contributed by atoms with E-state index >= 15 is 0 Å². The lowest BCUT2D eigenvalue weighted by molar-refractivity contribution is -0.118. The van der Waals surface area contributed by atoms with Crippen LogP contribution in [0.2, 0.25) is 0 Å². The van der Waals surface area contributed by atoms with Gasteiger partial charge in [-0.1, -0.05) is 30.3 Å². The Balaban J connectivity index is 1.92. The summed E-state index contributed by atoms with van der Waals surface area (Å²) in [6.45, 7) is 0. The van der Waals surface area contributed by atoms with Gasteiger partial charge in [0.05, 0.1) is 18.2 Å². The molecule has 2 rings (SSSR count). The summed E-state index contributed by atoms with van der Waals surface area (Å²) in [6, 6.07) is 9.57. The molecule has 0 aliphatic heterocycles. The molecule has 100 valence electrons. The van der Waals surface area contributed by atoms with Crippen molar-refractivity contribution >= 4 is 5.91 Å². The largest absolute Gasteiger partial charge is 0.447 e. The third-order valence-corrected chi connectivity index (χ3v) is 2.82. The van der Waals surface area contributed by atoms with E-state index in [1.807, 2.05) is 18.2 Å². The van der Waals surface area contributed by atoms with Crippen LogP contribution in [0.5, 0.6) is 0 Å². The molecule has 2 aromatic rings. The SMILES string of the molecule is NC(=O)C[C@@H](N)c1nc(CCc2ccccc2)co1. The van der Waals surface area contributed by atoms with Gasteiger partial charge in [0.15, 0.2) is 0 Å². The van der Waals surface area contributed by atoms with Gasteiger partial charge in [0, 0.05) is 0 Å². The van der Waals surface area contributed by atoms with Crippen LogP contribution in [-0.4, -0.2) is 10.9 Å². The normalized spacial score (nSPS) is 12.3. The maximum atomic E-state index is 10.8. The Kier molecular flexibility index (Phi) is 4.30. The average molecular weight is 259 g/mol. The summed E-state index contributed by atoms with van der Waals surface area (Å²) in [5, 5.41) is 0. The van der Waals surface area contributed by atoms with Gasteiger partial charge in [0.25, 0.3) is 0 Å². The molecule has 0 saturated carbocycles. The molecule has 0 radical (unpaired) electrons. The minimum Gasteiger partial charge on any atom is -0.447 e. The molecule has 0 fully saturated rings. The maximum absolute atomic E-state index is 10.8. The lowest BCUT2D eigenvalue weighted by Gasteiger charge is -2.02. The third kappa shape index (κ3) is 3.93. The lowest BCUT2D eigenvalue weighted by Crippen LogP contribution is -2.20. The van der Waals surface area contributed by atoms with E-state index in [1.54, 1.807) is 6.26 Å². The van der Waals surface area contributed by atoms with Crippen LogP contribution in [0.15, 0.2) is 41.0 Å². The van der Waals surface area contributed by atoms with Crippen molar-refractivity contribution in [2.45, 2.75) is 25.3 Å². The Hall–Kier alpha value is -2.14. The highest BCUT2D eigenvalue weighted by Gasteiger charge is 2.15. The first-order valence-corrected chi connectivity index (χ1v) is 6.17. The average Bonchev–Trinajstić information content (AvgIpc) is 2.86. The summed E-state index contributed by atoms with van der Waals surface area (Å²) in [5.41, 5.74) is 12.9. The van der Waals surface area contributed by atoms with Crippen LogP contribution in [-0.2, 0) is 17.6 Å². The van der Waals surface area contributed by atoms with Crippen molar-refractivity contribution in [3.05, 3.63) is 53.7 Å². The summed E-state index contributed by atoms with van der Waals surface area (Å²) in [4.78, 5) is 15.1. The van der Waals surface area contributed by atoms with Crippen molar-refractivity contribution in [3.63, 3.8) is 0 Å². The van der Waals surface area contributed by atoms with E-state index in [0.29, 0.717) is 5.89 Å². The second-order valence-electron chi connectivity index (χ2n) is 4.44. The van der Waals surface area contributed by atoms with Gasteiger partial charge in [-0.25, -0.2) is 4.98 Å². The first-order chi connectivity index (χ1) is 9.15. The zero-order chi connectivity index (χ0) is 13.7. The zero-order valence-electron chi connectivity index (χ0n) is 10.6. The van der Waals surface area contributed by atoms with E-state index in [9.17, 15) is 4.79 Å². The Morgan fingerprint density at radius 1 is 1.26 bits per heavy atom. The topological polar surface area (TPSA) is 95.1 Å². The highest BCUT2D eigenvalue weighted by molar-refractivity contribution is 5.74. The molecule has 1 amide bonds. The first kappa shape index (κ1) is 13.3. The Bertz CT molecular complexity index is 537. The number of primary amides is 1. The van der Waals surface area contributed by atoms with Crippen molar-refractivity contribution in [2.24, 2.45) is 11.5 Å². The van der Waals surface area contributed by atoms with Gasteiger partial charge < -0.3 is 15.9 Å². The first-order valence-electron chi connectivity index (χ1n) is 6.17. The highest BCUT2D eigenvalue weighted by atomic mass is 16.3. The molecule has 19 heavy (non-hydrogen) atoms. The maximum Gasteiger partial charge on any atom is 0.219 e. The van der Waals surface area contributed by atoms with E-state index in [1.165, 1.54) is 5.56 Å². The molecular formula is C14H17N3O2. The number of oxazole rings is 1. The number of nitrogens with two attached hydrogens (primary N) is 2. The van der Waals surface area contributed by atoms with Gasteiger partial charge >= 0.3 is 0 Å². The van der Waals surface area contributed by atoms with E-state index in [-0.39, 0.29) is 6.42 Å². The van der Waals surface area contributed by atoms with Crippen LogP contribution in [0.3, 0.4) is 0 Å². The van der Waals surface area contributed by atoms with Crippen LogP contribution in [0, 0.1) is 0 Å². The second kappa shape index (κ2) is 6.15. The van der Waals surface area contributed by atoms with Gasteiger partial charge in [0.1, 0.15) is 6.26 Å². The quantitative estimate of drug-likeness (QED) is 0.818. The number of hydrogen-bond donors (Lipinski definition) is 2. The fourth-order valence-electron chi connectivity index (χ4n) is 1.83. The standard InChI is InChI=1S/C14H17N3O2/c15-12(8-13(16)18)14-17-11(9-19-14)7-6-10-4-2-1-3-5-10/h1-5,9,12H,6-8,15H2,(H2,16,18)/t12-/m1/s1. The molecule has 5 heteroatoms. The highest BCUT2D eigenvalue weighted by Crippen LogP contribution is 2.14. The molecule has 5 nitrogen and oxygen atoms in total. The van der Waals surface area contributed by atoms with E-state index in [0.717, 1.165) is 18.5 Å². The number of nitrogens with zero attached hydrogens (tertiary/aromatic N) is 1. The Labute approximate surface area is 111 Å². The number of rotatable bonds is 6. The van der Waals surface area contributed by atoms with Gasteiger partial charge in [-0.3, -0.25) is 4.79 Å². The molecular weight excluding hydrogens is 242 g/mol. The molecule has 1 aromatic carbocycles. The van der Waals surface area contributed by atoms with Gasteiger partial charge in [-0.15, -0.1) is 0 Å². The van der Waals surface area contributed by atoms with Crippen molar-refractivity contribution in [2.75, 3.05) is 0 Å². The van der Waals surface area contributed by atoms with Crippen LogP contribution in [0.25, 0.3) is 0 Å². The second-order valence-corrected chi connectivity index (χ2v) is 4.44. The minimum atomic E-state index is -0.567. The van der Waals surface area contributed by atoms with Crippen molar-refractivity contribution < 1.29 is 9.21 Å². The van der Waals surface area contributed by atoms with E-state index in [2.05, 4.69) is 17.1 Å². The Morgan fingerprint density at radius 3 is 2.68 bits per heavy atom. The molecule has 0 saturated heterocycles. The number of aryl methyl sites for hydroxylation is 2. The number of amides is 1. The van der Waals surface area contributed by atoms with Gasteiger partial charge in [0.2, 0.25) is 11.8 Å². The van der Waals surface area contributed by atoms with Crippen LogP contribution < -0.4 is 11.5 Å². The summed E-state index contributed by atoms with van der Waals surface area (Å²) in [5.74, 6) is -0.0987. The molecule has 1 atom stereocenters. The summed E-state index contributed by atoms with van der Waals surface area (Å²) < 4.78 is 5.27. The number of benzene rings is 1. The van der Waals surface area contributed by atoms with Crippen molar-refractivity contribution in [3.8, 4) is 0 Å². The minimum absolute atomic E-state index is 0.0403. The Morgan fingerprint density at radius 2 is 2.00 bits per heavy atom. The number of aromatic nitrogens is 1. The van der Waals surface area contributed by atoms with Crippen molar-refractivity contribution in [1.82, 2.24) is 4.98 Å². The fourth-order valence-corrected chi connectivity index (χ4v) is 1.83. The number of carbonyl (C=O) groups excluding carboxylic acids is 1. The van der Waals surface area contributed by atoms with Gasteiger partial charge in [-0.05, 0) is 18.4 Å². The molecule has 0 unspecified atom stereocenters. The van der Waals surface area contributed by atoms with E-state index in [4.69, 9.17) is 15.9 Å². The van der Waals surface area contributed by atoms with Crippen LogP contribution in [0.4, 0.5) is 0 Å². The van der Waals surface area contributed by atoms with Crippen LogP contribution in [0.1, 0.15) is 29.6 Å². The monoisotopic (exact) mass is 259 g/mol.